The van der Waals surface area contributed by atoms with Crippen LogP contribution in [-0.2, 0) is 5.41 Å². The van der Waals surface area contributed by atoms with Crippen LogP contribution in [0.25, 0.3) is 43.7 Å². The summed E-state index contributed by atoms with van der Waals surface area (Å²) in [5.41, 5.74) is 8.86. The molecule has 4 aromatic carbocycles. The smallest absolute Gasteiger partial charge is 0.0519 e. The highest BCUT2D eigenvalue weighted by molar-refractivity contribution is 6.26. The van der Waals surface area contributed by atoms with E-state index in [-0.39, 0.29) is 5.41 Å². The molecule has 0 aliphatic heterocycles. The molecule has 2 aliphatic carbocycles. The molecule has 0 radical (unpaired) electrons. The van der Waals surface area contributed by atoms with Crippen LogP contribution >= 0.6 is 0 Å². The lowest BCUT2D eigenvalue weighted by molar-refractivity contribution is 0.354. The maximum Gasteiger partial charge on any atom is 0.0519 e. The van der Waals surface area contributed by atoms with Crippen LogP contribution in [0.5, 0.6) is 0 Å². The summed E-state index contributed by atoms with van der Waals surface area (Å²) in [4.78, 5) is 3.88. The first-order valence-corrected chi connectivity index (χ1v) is 10.9. The highest BCUT2D eigenvalue weighted by atomic mass is 14.7. The molecule has 0 atom stereocenters. The Morgan fingerprint density at radius 2 is 1.34 bits per heavy atom. The van der Waals surface area contributed by atoms with Gasteiger partial charge in [0.15, 0.2) is 0 Å². The molecule has 1 heteroatoms. The summed E-state index contributed by atoms with van der Waals surface area (Å²) in [6.07, 6.45) is 6.53. The Hall–Kier alpha value is -3.06. The number of nitrogens with one attached hydrogen (secondary N) is 1. The van der Waals surface area contributed by atoms with E-state index in [9.17, 15) is 0 Å². The zero-order chi connectivity index (χ0) is 19.0. The molecular weight excluding hydrogens is 350 g/mol. The zero-order valence-corrected chi connectivity index (χ0v) is 16.5. The van der Waals surface area contributed by atoms with E-state index in [0.29, 0.717) is 0 Å². The molecule has 1 saturated carbocycles. The lowest BCUT2D eigenvalue weighted by Crippen LogP contribution is -2.28. The second-order valence-electron chi connectivity index (χ2n) is 8.90. The molecule has 29 heavy (non-hydrogen) atoms. The summed E-state index contributed by atoms with van der Waals surface area (Å²) in [6, 6.07) is 27.1. The lowest BCUT2D eigenvalue weighted by Gasteiger charge is -2.36. The summed E-state index contributed by atoms with van der Waals surface area (Å²) < 4.78 is 0. The molecule has 2 aliphatic rings. The summed E-state index contributed by atoms with van der Waals surface area (Å²) >= 11 is 0. The number of hydrogen-bond acceptors (Lipinski definition) is 0. The fourth-order valence-corrected chi connectivity index (χ4v) is 6.47. The van der Waals surface area contributed by atoms with E-state index in [1.807, 2.05) is 0 Å². The molecule has 1 N–H and O–H groups in total. The Morgan fingerprint density at radius 3 is 2.21 bits per heavy atom. The molecule has 0 amide bonds. The van der Waals surface area contributed by atoms with E-state index in [2.05, 4.69) is 77.8 Å². The van der Waals surface area contributed by atoms with Crippen molar-refractivity contribution in [2.45, 2.75) is 37.5 Å². The standard InChI is InChI=1S/C28H23N/c1-8-16-28(17-9-1)22-14-6-4-12-20(22)24-18-10-2-3-11-19(18)25-21-13-5-7-15-23(21)29-27(25)26(24)28/h2-7,10-15,29H,1,8-9,16-17H2. The molecule has 1 spiro atoms. The van der Waals surface area contributed by atoms with Gasteiger partial charge in [-0.3, -0.25) is 0 Å². The molecule has 1 nitrogen and oxygen atoms in total. The van der Waals surface area contributed by atoms with Crippen molar-refractivity contribution in [3.63, 3.8) is 0 Å². The first-order valence-electron chi connectivity index (χ1n) is 10.9. The van der Waals surface area contributed by atoms with Crippen LogP contribution in [0.4, 0.5) is 0 Å². The van der Waals surface area contributed by atoms with Gasteiger partial charge in [-0.25, -0.2) is 0 Å². The van der Waals surface area contributed by atoms with Crippen molar-refractivity contribution >= 4 is 32.6 Å². The monoisotopic (exact) mass is 373 g/mol. The Labute approximate surface area is 170 Å². The quantitative estimate of drug-likeness (QED) is 0.286. The molecule has 0 bridgehead atoms. The van der Waals surface area contributed by atoms with Crippen molar-refractivity contribution in [1.29, 1.82) is 0 Å². The van der Waals surface area contributed by atoms with E-state index in [1.165, 1.54) is 75.8 Å². The number of fused-ring (bicyclic) bond motifs is 12. The molecule has 5 aromatic rings. The van der Waals surface area contributed by atoms with Crippen LogP contribution in [0.2, 0.25) is 0 Å². The SMILES string of the molecule is c1ccc2c(c1)-c1c(c3[nH]c4ccccc4c3c3ccccc13)C21CCCCC1. The third kappa shape index (κ3) is 1.86. The number of para-hydroxylation sites is 1. The van der Waals surface area contributed by atoms with Gasteiger partial charge in [0, 0.05) is 21.7 Å². The predicted molar refractivity (Wildman–Crippen MR) is 123 cm³/mol. The maximum absolute atomic E-state index is 3.88. The number of benzene rings is 4. The fourth-order valence-electron chi connectivity index (χ4n) is 6.47. The van der Waals surface area contributed by atoms with E-state index in [1.54, 1.807) is 11.1 Å². The average molecular weight is 373 g/mol. The topological polar surface area (TPSA) is 15.8 Å². The number of aromatic amines is 1. The van der Waals surface area contributed by atoms with Crippen LogP contribution < -0.4 is 0 Å². The minimum Gasteiger partial charge on any atom is -0.354 e. The van der Waals surface area contributed by atoms with E-state index < -0.39 is 0 Å². The molecule has 1 heterocycles. The number of aromatic nitrogens is 1. The summed E-state index contributed by atoms with van der Waals surface area (Å²) in [6.45, 7) is 0. The lowest BCUT2D eigenvalue weighted by atomic mass is 9.67. The third-order valence-corrected chi connectivity index (χ3v) is 7.57. The normalized spacial score (nSPS) is 17.2. The van der Waals surface area contributed by atoms with Gasteiger partial charge in [-0.2, -0.15) is 0 Å². The highest BCUT2D eigenvalue weighted by Gasteiger charge is 2.46. The molecular formula is C28H23N. The Bertz CT molecular complexity index is 1430. The van der Waals surface area contributed by atoms with E-state index in [0.717, 1.165) is 0 Å². The van der Waals surface area contributed by atoms with Gasteiger partial charge in [0.25, 0.3) is 0 Å². The minimum absolute atomic E-state index is 0.160. The van der Waals surface area contributed by atoms with Gasteiger partial charge in [0.05, 0.1) is 5.52 Å². The number of rotatable bonds is 0. The van der Waals surface area contributed by atoms with Crippen LogP contribution in [0.1, 0.15) is 43.2 Å². The van der Waals surface area contributed by atoms with Crippen molar-refractivity contribution in [2.24, 2.45) is 0 Å². The van der Waals surface area contributed by atoms with Crippen molar-refractivity contribution < 1.29 is 0 Å². The van der Waals surface area contributed by atoms with Gasteiger partial charge in [-0.15, -0.1) is 0 Å². The van der Waals surface area contributed by atoms with Crippen LogP contribution in [0, 0.1) is 0 Å². The van der Waals surface area contributed by atoms with Gasteiger partial charge in [0.1, 0.15) is 0 Å². The first-order chi connectivity index (χ1) is 14.4. The second-order valence-corrected chi connectivity index (χ2v) is 8.90. The van der Waals surface area contributed by atoms with Gasteiger partial charge in [-0.1, -0.05) is 86.0 Å². The minimum atomic E-state index is 0.160. The largest absolute Gasteiger partial charge is 0.354 e. The van der Waals surface area contributed by atoms with Gasteiger partial charge < -0.3 is 4.98 Å². The first kappa shape index (κ1) is 15.8. The van der Waals surface area contributed by atoms with Crippen molar-refractivity contribution in [1.82, 2.24) is 4.98 Å². The van der Waals surface area contributed by atoms with Gasteiger partial charge in [-0.05, 0) is 51.9 Å². The zero-order valence-electron chi connectivity index (χ0n) is 16.5. The predicted octanol–water partition coefficient (Wildman–Crippen LogP) is 7.70. The van der Waals surface area contributed by atoms with Gasteiger partial charge in [0.2, 0.25) is 0 Å². The fraction of sp³-hybridized carbons (Fsp3) is 0.214. The van der Waals surface area contributed by atoms with Crippen LogP contribution in [-0.4, -0.2) is 4.98 Å². The van der Waals surface area contributed by atoms with Crippen molar-refractivity contribution in [3.05, 3.63) is 83.9 Å². The second kappa shape index (κ2) is 5.51. The molecule has 0 unspecified atom stereocenters. The van der Waals surface area contributed by atoms with Crippen LogP contribution in [0.15, 0.2) is 72.8 Å². The van der Waals surface area contributed by atoms with E-state index >= 15 is 0 Å². The van der Waals surface area contributed by atoms with Crippen LogP contribution in [0.3, 0.4) is 0 Å². The summed E-state index contributed by atoms with van der Waals surface area (Å²) in [5, 5.41) is 5.55. The average Bonchev–Trinajstić information content (AvgIpc) is 3.30. The van der Waals surface area contributed by atoms with Gasteiger partial charge >= 0.3 is 0 Å². The molecule has 0 saturated heterocycles. The third-order valence-electron chi connectivity index (χ3n) is 7.57. The summed E-state index contributed by atoms with van der Waals surface area (Å²) in [5.74, 6) is 0. The molecule has 140 valence electrons. The molecule has 1 aromatic heterocycles. The number of H-pyrrole nitrogens is 1. The maximum atomic E-state index is 3.88. The van der Waals surface area contributed by atoms with E-state index in [4.69, 9.17) is 0 Å². The Balaban J connectivity index is 1.78. The molecule has 1 fully saturated rings. The molecule has 7 rings (SSSR count). The highest BCUT2D eigenvalue weighted by Crippen LogP contribution is 2.60. The number of hydrogen-bond donors (Lipinski definition) is 1. The summed E-state index contributed by atoms with van der Waals surface area (Å²) in [7, 11) is 0. The van der Waals surface area contributed by atoms with Crippen molar-refractivity contribution in [3.8, 4) is 11.1 Å². The van der Waals surface area contributed by atoms with Crippen molar-refractivity contribution in [2.75, 3.05) is 0 Å². The Morgan fingerprint density at radius 1 is 0.655 bits per heavy atom. The Kier molecular flexibility index (Phi) is 3.00.